The molecule has 0 spiro atoms. The fraction of sp³-hybridized carbons (Fsp3) is 0.565. The second-order valence-corrected chi connectivity index (χ2v) is 9.74. The molecule has 4 rings (SSSR count). The maximum absolute atomic E-state index is 12.8. The fourth-order valence-corrected chi connectivity index (χ4v) is 5.43. The Morgan fingerprint density at radius 3 is 2.69 bits per heavy atom. The zero-order chi connectivity index (χ0) is 25.8. The normalized spacial score (nSPS) is 19.6. The molecular weight excluding hydrogens is 501 g/mol. The van der Waals surface area contributed by atoms with E-state index in [9.17, 15) is 23.3 Å². The quantitative estimate of drug-likeness (QED) is 0.288. The summed E-state index contributed by atoms with van der Waals surface area (Å²) in [7, 11) is 0. The van der Waals surface area contributed by atoms with Gasteiger partial charge in [0.2, 0.25) is 11.8 Å². The highest BCUT2D eigenvalue weighted by atomic mass is 35.5. The molecule has 0 amide bonds. The first-order valence-electron chi connectivity index (χ1n) is 11.9. The molecule has 2 aliphatic rings. The standard InChI is InChI=1S/C23H28ClF3N6O3/c24-17-4-5-19(36-23(25,26)27)15(10-17)11-29-21-30-13-18(33(34)35)20(32-21)31-14-22(7-2-1-3-8-22)16-6-9-28-12-16/h4-5,10,13,16,28H,1-3,6-9,11-12,14H2,(H2,29,30,31,32). The van der Waals surface area contributed by atoms with E-state index in [0.717, 1.165) is 57.5 Å². The van der Waals surface area contributed by atoms with Gasteiger partial charge in [-0.25, -0.2) is 4.98 Å². The molecule has 2 fully saturated rings. The Kier molecular flexibility index (Phi) is 8.04. The molecule has 1 atom stereocenters. The van der Waals surface area contributed by atoms with Crippen LogP contribution < -0.4 is 20.7 Å². The lowest BCUT2D eigenvalue weighted by molar-refractivity contribution is -0.384. The molecule has 1 aromatic heterocycles. The summed E-state index contributed by atoms with van der Waals surface area (Å²) in [5, 5.41) is 21.3. The molecular formula is C23H28ClF3N6O3. The van der Waals surface area contributed by atoms with E-state index in [2.05, 4.69) is 30.7 Å². The molecule has 0 bridgehead atoms. The van der Waals surface area contributed by atoms with Gasteiger partial charge < -0.3 is 20.7 Å². The van der Waals surface area contributed by atoms with E-state index in [1.165, 1.54) is 18.6 Å². The average Bonchev–Trinajstić information content (AvgIpc) is 3.38. The zero-order valence-electron chi connectivity index (χ0n) is 19.5. The van der Waals surface area contributed by atoms with Crippen molar-refractivity contribution in [2.45, 2.75) is 51.4 Å². The van der Waals surface area contributed by atoms with Gasteiger partial charge in [0.05, 0.1) is 4.92 Å². The van der Waals surface area contributed by atoms with Crippen molar-refractivity contribution in [3.63, 3.8) is 0 Å². The van der Waals surface area contributed by atoms with E-state index in [1.807, 2.05) is 0 Å². The van der Waals surface area contributed by atoms with Crippen LogP contribution in [-0.2, 0) is 6.54 Å². The van der Waals surface area contributed by atoms with Crippen LogP contribution in [0.5, 0.6) is 5.75 Å². The van der Waals surface area contributed by atoms with E-state index in [-0.39, 0.29) is 40.0 Å². The number of anilines is 2. The highest BCUT2D eigenvalue weighted by Gasteiger charge is 2.41. The predicted octanol–water partition coefficient (Wildman–Crippen LogP) is 5.52. The minimum atomic E-state index is -4.87. The van der Waals surface area contributed by atoms with Crippen LogP contribution >= 0.6 is 11.6 Å². The summed E-state index contributed by atoms with van der Waals surface area (Å²) >= 11 is 5.95. The van der Waals surface area contributed by atoms with Crippen LogP contribution in [0.15, 0.2) is 24.4 Å². The molecule has 2 heterocycles. The summed E-state index contributed by atoms with van der Waals surface area (Å²) in [4.78, 5) is 19.4. The molecule has 196 valence electrons. The fourth-order valence-electron chi connectivity index (χ4n) is 5.23. The lowest BCUT2D eigenvalue weighted by atomic mass is 9.65. The van der Waals surface area contributed by atoms with Crippen LogP contribution in [0.25, 0.3) is 0 Å². The Labute approximate surface area is 211 Å². The number of hydrogen-bond acceptors (Lipinski definition) is 8. The van der Waals surface area contributed by atoms with Gasteiger partial charge in [0.1, 0.15) is 11.9 Å². The van der Waals surface area contributed by atoms with Gasteiger partial charge >= 0.3 is 12.0 Å². The van der Waals surface area contributed by atoms with Crippen molar-refractivity contribution >= 4 is 29.1 Å². The van der Waals surface area contributed by atoms with E-state index in [4.69, 9.17) is 11.6 Å². The summed E-state index contributed by atoms with van der Waals surface area (Å²) in [5.41, 5.74) is -0.107. The molecule has 1 aliphatic heterocycles. The van der Waals surface area contributed by atoms with Gasteiger partial charge in [0.15, 0.2) is 0 Å². The topological polar surface area (TPSA) is 114 Å². The first kappa shape index (κ1) is 26.2. The monoisotopic (exact) mass is 528 g/mol. The number of hydrogen-bond donors (Lipinski definition) is 3. The van der Waals surface area contributed by atoms with Gasteiger partial charge in [0.25, 0.3) is 0 Å². The lowest BCUT2D eigenvalue weighted by Gasteiger charge is -2.42. The Morgan fingerprint density at radius 1 is 1.25 bits per heavy atom. The molecule has 1 aliphatic carbocycles. The van der Waals surface area contributed by atoms with Gasteiger partial charge in [-0.2, -0.15) is 4.98 Å². The Bertz CT molecular complexity index is 1080. The van der Waals surface area contributed by atoms with Crippen LogP contribution in [-0.4, -0.2) is 40.9 Å². The van der Waals surface area contributed by atoms with Crippen LogP contribution in [0.1, 0.15) is 44.1 Å². The van der Waals surface area contributed by atoms with Crippen molar-refractivity contribution in [3.8, 4) is 5.75 Å². The van der Waals surface area contributed by atoms with E-state index in [0.29, 0.717) is 12.5 Å². The highest BCUT2D eigenvalue weighted by molar-refractivity contribution is 6.30. The van der Waals surface area contributed by atoms with E-state index < -0.39 is 17.0 Å². The number of halogens is 4. The Hall–Kier alpha value is -2.86. The maximum Gasteiger partial charge on any atom is 0.573 e. The number of rotatable bonds is 9. The highest BCUT2D eigenvalue weighted by Crippen LogP contribution is 2.45. The third kappa shape index (κ3) is 6.47. The first-order valence-corrected chi connectivity index (χ1v) is 12.3. The van der Waals surface area contributed by atoms with Crippen molar-refractivity contribution in [2.24, 2.45) is 11.3 Å². The average molecular weight is 529 g/mol. The van der Waals surface area contributed by atoms with Gasteiger partial charge in [-0.05, 0) is 61.9 Å². The largest absolute Gasteiger partial charge is 0.573 e. The van der Waals surface area contributed by atoms with Gasteiger partial charge in [-0.1, -0.05) is 30.9 Å². The van der Waals surface area contributed by atoms with Gasteiger partial charge in [-0.3, -0.25) is 10.1 Å². The number of aromatic nitrogens is 2. The number of ether oxygens (including phenoxy) is 1. The maximum atomic E-state index is 12.8. The molecule has 1 unspecified atom stereocenters. The molecule has 2 aromatic rings. The zero-order valence-corrected chi connectivity index (χ0v) is 20.3. The SMILES string of the molecule is O=[N+]([O-])c1cnc(NCc2cc(Cl)ccc2OC(F)(F)F)nc1NCC1(C2CCNC2)CCCCC1. The molecule has 0 radical (unpaired) electrons. The van der Waals surface area contributed by atoms with Gasteiger partial charge in [-0.15, -0.1) is 13.2 Å². The minimum absolute atomic E-state index is 0.0266. The number of nitrogens with zero attached hydrogens (tertiary/aromatic N) is 3. The van der Waals surface area contributed by atoms with Crippen molar-refractivity contribution in [2.75, 3.05) is 30.3 Å². The van der Waals surface area contributed by atoms with Crippen molar-refractivity contribution in [1.29, 1.82) is 0 Å². The molecule has 9 nitrogen and oxygen atoms in total. The Balaban J connectivity index is 1.52. The molecule has 3 N–H and O–H groups in total. The minimum Gasteiger partial charge on any atom is -0.405 e. The third-order valence-corrected chi connectivity index (χ3v) is 7.27. The second kappa shape index (κ2) is 11.0. The van der Waals surface area contributed by atoms with Crippen LogP contribution in [0.4, 0.5) is 30.6 Å². The van der Waals surface area contributed by atoms with E-state index in [1.54, 1.807) is 0 Å². The van der Waals surface area contributed by atoms with Gasteiger partial charge in [0, 0.05) is 23.7 Å². The molecule has 36 heavy (non-hydrogen) atoms. The summed E-state index contributed by atoms with van der Waals surface area (Å²) in [5.74, 6) is 0.176. The first-order chi connectivity index (χ1) is 17.2. The number of alkyl halides is 3. The van der Waals surface area contributed by atoms with Crippen LogP contribution in [0, 0.1) is 21.4 Å². The molecule has 1 saturated heterocycles. The summed E-state index contributed by atoms with van der Waals surface area (Å²) < 4.78 is 42.4. The number of nitrogens with one attached hydrogen (secondary N) is 3. The van der Waals surface area contributed by atoms with Crippen molar-refractivity contribution in [3.05, 3.63) is 45.1 Å². The van der Waals surface area contributed by atoms with E-state index >= 15 is 0 Å². The smallest absolute Gasteiger partial charge is 0.405 e. The van der Waals surface area contributed by atoms with Crippen molar-refractivity contribution in [1.82, 2.24) is 15.3 Å². The Morgan fingerprint density at radius 2 is 2.03 bits per heavy atom. The predicted molar refractivity (Wildman–Crippen MR) is 129 cm³/mol. The van der Waals surface area contributed by atoms with Crippen LogP contribution in [0.2, 0.25) is 5.02 Å². The van der Waals surface area contributed by atoms with Crippen molar-refractivity contribution < 1.29 is 22.8 Å². The summed E-state index contributed by atoms with van der Waals surface area (Å²) in [6.45, 7) is 2.31. The molecule has 1 aromatic carbocycles. The number of benzene rings is 1. The summed E-state index contributed by atoms with van der Waals surface area (Å²) in [6.07, 6.45) is 2.83. The second-order valence-electron chi connectivity index (χ2n) is 9.30. The molecule has 1 saturated carbocycles. The lowest BCUT2D eigenvalue weighted by Crippen LogP contribution is -2.40. The van der Waals surface area contributed by atoms with Crippen LogP contribution in [0.3, 0.4) is 0 Å². The third-order valence-electron chi connectivity index (χ3n) is 7.03. The molecule has 13 heteroatoms. The summed E-state index contributed by atoms with van der Waals surface area (Å²) in [6, 6.07) is 3.75. The number of nitro groups is 1.